The van der Waals surface area contributed by atoms with Gasteiger partial charge in [0, 0.05) is 13.0 Å². The summed E-state index contributed by atoms with van der Waals surface area (Å²) in [6.45, 7) is 9.77. The highest BCUT2D eigenvalue weighted by molar-refractivity contribution is 5.70. The zero-order valence-electron chi connectivity index (χ0n) is 10.5. The molecule has 0 aromatic carbocycles. The van der Waals surface area contributed by atoms with Gasteiger partial charge in [-0.05, 0) is 39.0 Å². The van der Waals surface area contributed by atoms with Gasteiger partial charge in [-0.2, -0.15) is 0 Å². The van der Waals surface area contributed by atoms with Gasteiger partial charge in [0.2, 0.25) is 0 Å². The minimum absolute atomic E-state index is 0.153. The lowest BCUT2D eigenvalue weighted by Gasteiger charge is -2.21. The Morgan fingerprint density at radius 2 is 1.80 bits per heavy atom. The molecule has 0 aliphatic heterocycles. The van der Waals surface area contributed by atoms with Crippen LogP contribution in [-0.4, -0.2) is 23.3 Å². The van der Waals surface area contributed by atoms with Crippen LogP contribution in [0, 0.1) is 11.8 Å². The van der Waals surface area contributed by atoms with E-state index in [4.69, 9.17) is 9.84 Å². The molecule has 3 nitrogen and oxygen atoms in total. The van der Waals surface area contributed by atoms with E-state index < -0.39 is 5.60 Å². The number of ether oxygens (including phenoxy) is 1. The molecule has 0 bridgehead atoms. The van der Waals surface area contributed by atoms with Crippen molar-refractivity contribution in [2.75, 3.05) is 6.61 Å². The van der Waals surface area contributed by atoms with Crippen molar-refractivity contribution in [3.05, 3.63) is 0 Å². The maximum atomic E-state index is 11.5. The van der Waals surface area contributed by atoms with E-state index in [-0.39, 0.29) is 24.4 Å². The number of hydrogen-bond acceptors (Lipinski definition) is 3. The van der Waals surface area contributed by atoms with Gasteiger partial charge in [0.25, 0.3) is 0 Å². The predicted octanol–water partition coefficient (Wildman–Crippen LogP) is 2.37. The van der Waals surface area contributed by atoms with Crippen LogP contribution in [0.2, 0.25) is 0 Å². The molecule has 15 heavy (non-hydrogen) atoms. The Hall–Kier alpha value is -0.570. The monoisotopic (exact) mass is 216 g/mol. The van der Waals surface area contributed by atoms with Crippen LogP contribution in [0.1, 0.15) is 47.5 Å². The molecule has 2 atom stereocenters. The van der Waals surface area contributed by atoms with Crippen LogP contribution in [0.5, 0.6) is 0 Å². The topological polar surface area (TPSA) is 46.5 Å². The van der Waals surface area contributed by atoms with E-state index >= 15 is 0 Å². The number of aliphatic hydroxyl groups excluding tert-OH is 1. The first-order valence-corrected chi connectivity index (χ1v) is 5.57. The van der Waals surface area contributed by atoms with Crippen molar-refractivity contribution < 1.29 is 14.6 Å². The highest BCUT2D eigenvalue weighted by Crippen LogP contribution is 2.17. The van der Waals surface area contributed by atoms with Crippen molar-refractivity contribution in [3.63, 3.8) is 0 Å². The molecule has 0 saturated heterocycles. The number of carbonyl (C=O) groups is 1. The predicted molar refractivity (Wildman–Crippen MR) is 60.5 cm³/mol. The highest BCUT2D eigenvalue weighted by atomic mass is 16.6. The third-order valence-electron chi connectivity index (χ3n) is 2.05. The molecule has 0 aliphatic rings. The minimum atomic E-state index is -0.403. The fourth-order valence-corrected chi connectivity index (χ4v) is 1.51. The summed E-state index contributed by atoms with van der Waals surface area (Å²) in [5.74, 6) is 0.365. The lowest BCUT2D eigenvalue weighted by atomic mass is 9.95. The smallest absolute Gasteiger partial charge is 0.306 e. The van der Waals surface area contributed by atoms with E-state index in [1.165, 1.54) is 0 Å². The van der Waals surface area contributed by atoms with Crippen LogP contribution in [0.4, 0.5) is 0 Å². The van der Waals surface area contributed by atoms with Crippen molar-refractivity contribution in [2.45, 2.75) is 53.1 Å². The summed E-state index contributed by atoms with van der Waals surface area (Å²) in [5, 5.41) is 8.89. The van der Waals surface area contributed by atoms with Crippen LogP contribution in [0.15, 0.2) is 0 Å². The number of carbonyl (C=O) groups excluding carboxylic acids is 1. The molecular formula is C12H24O3. The zero-order valence-corrected chi connectivity index (χ0v) is 10.5. The fourth-order valence-electron chi connectivity index (χ4n) is 1.51. The molecule has 0 radical (unpaired) electrons. The van der Waals surface area contributed by atoms with Crippen molar-refractivity contribution >= 4 is 5.97 Å². The molecule has 0 unspecified atom stereocenters. The minimum Gasteiger partial charge on any atom is -0.460 e. The average Bonchev–Trinajstić information content (AvgIpc) is 1.99. The zero-order chi connectivity index (χ0) is 12.1. The molecule has 0 aromatic heterocycles. The number of rotatable bonds is 5. The Kier molecular flexibility index (Phi) is 5.88. The van der Waals surface area contributed by atoms with Gasteiger partial charge >= 0.3 is 5.97 Å². The Balaban J connectivity index is 3.87. The molecule has 0 rings (SSSR count). The third-order valence-corrected chi connectivity index (χ3v) is 2.05. The Bertz CT molecular complexity index is 194. The molecule has 0 fully saturated rings. The summed E-state index contributed by atoms with van der Waals surface area (Å²) >= 11 is 0. The van der Waals surface area contributed by atoms with Crippen LogP contribution >= 0.6 is 0 Å². The van der Waals surface area contributed by atoms with Gasteiger partial charge in [-0.3, -0.25) is 4.79 Å². The van der Waals surface area contributed by atoms with Crippen LogP contribution in [0.25, 0.3) is 0 Å². The van der Waals surface area contributed by atoms with Crippen molar-refractivity contribution in [3.8, 4) is 0 Å². The molecule has 0 amide bonds. The Labute approximate surface area is 92.8 Å². The lowest BCUT2D eigenvalue weighted by Crippen LogP contribution is -2.25. The molecule has 0 spiro atoms. The van der Waals surface area contributed by atoms with E-state index in [1.807, 2.05) is 34.6 Å². The normalized spacial score (nSPS) is 15.9. The lowest BCUT2D eigenvalue weighted by molar-refractivity contribution is -0.155. The first kappa shape index (κ1) is 14.4. The summed E-state index contributed by atoms with van der Waals surface area (Å²) in [6, 6.07) is 0. The maximum Gasteiger partial charge on any atom is 0.306 e. The van der Waals surface area contributed by atoms with E-state index in [9.17, 15) is 4.79 Å². The second kappa shape index (κ2) is 6.11. The van der Waals surface area contributed by atoms with Gasteiger partial charge in [-0.25, -0.2) is 0 Å². The quantitative estimate of drug-likeness (QED) is 0.718. The number of aliphatic hydroxyl groups is 1. The summed E-state index contributed by atoms with van der Waals surface area (Å²) in [4.78, 5) is 11.5. The van der Waals surface area contributed by atoms with Gasteiger partial charge in [0.05, 0.1) is 0 Å². The van der Waals surface area contributed by atoms with Gasteiger partial charge in [-0.1, -0.05) is 13.8 Å². The standard InChI is InChI=1S/C12H24O3/c1-9(6-10(2)8-13)7-11(14)15-12(3,4)5/h9-10,13H,6-8H2,1-5H3/t9-,10+/m0/s1. The van der Waals surface area contributed by atoms with Gasteiger partial charge in [-0.15, -0.1) is 0 Å². The second-order valence-corrected chi connectivity index (χ2v) is 5.42. The first-order chi connectivity index (χ1) is 6.74. The Morgan fingerprint density at radius 1 is 1.27 bits per heavy atom. The molecule has 3 heteroatoms. The first-order valence-electron chi connectivity index (χ1n) is 5.57. The average molecular weight is 216 g/mol. The number of hydrogen-bond donors (Lipinski definition) is 1. The van der Waals surface area contributed by atoms with Gasteiger partial charge < -0.3 is 9.84 Å². The Morgan fingerprint density at radius 3 is 2.20 bits per heavy atom. The maximum absolute atomic E-state index is 11.5. The summed E-state index contributed by atoms with van der Waals surface area (Å²) in [5.41, 5.74) is -0.403. The fraction of sp³-hybridized carbons (Fsp3) is 0.917. The van der Waals surface area contributed by atoms with Gasteiger partial charge in [0.15, 0.2) is 0 Å². The van der Waals surface area contributed by atoms with E-state index in [0.717, 1.165) is 6.42 Å². The molecular weight excluding hydrogens is 192 g/mol. The number of esters is 1. The second-order valence-electron chi connectivity index (χ2n) is 5.42. The molecule has 0 aromatic rings. The third kappa shape index (κ3) is 8.43. The van der Waals surface area contributed by atoms with Crippen molar-refractivity contribution in [2.24, 2.45) is 11.8 Å². The molecule has 0 aliphatic carbocycles. The molecule has 1 N–H and O–H groups in total. The SMILES string of the molecule is C[C@H](CC(=O)OC(C)(C)C)C[C@@H](C)CO. The van der Waals surface area contributed by atoms with E-state index in [1.54, 1.807) is 0 Å². The summed E-state index contributed by atoms with van der Waals surface area (Å²) < 4.78 is 5.22. The van der Waals surface area contributed by atoms with Gasteiger partial charge in [0.1, 0.15) is 5.60 Å². The largest absolute Gasteiger partial charge is 0.460 e. The van der Waals surface area contributed by atoms with Crippen LogP contribution < -0.4 is 0 Å². The van der Waals surface area contributed by atoms with E-state index in [2.05, 4.69) is 0 Å². The molecule has 90 valence electrons. The van der Waals surface area contributed by atoms with Crippen LogP contribution in [0.3, 0.4) is 0 Å². The van der Waals surface area contributed by atoms with E-state index in [0.29, 0.717) is 6.42 Å². The molecule has 0 heterocycles. The summed E-state index contributed by atoms with van der Waals surface area (Å²) in [6.07, 6.45) is 1.29. The summed E-state index contributed by atoms with van der Waals surface area (Å²) in [7, 11) is 0. The van der Waals surface area contributed by atoms with Crippen molar-refractivity contribution in [1.29, 1.82) is 0 Å². The highest BCUT2D eigenvalue weighted by Gasteiger charge is 2.19. The van der Waals surface area contributed by atoms with Crippen molar-refractivity contribution in [1.82, 2.24) is 0 Å². The molecule has 0 saturated carbocycles. The van der Waals surface area contributed by atoms with Crippen LogP contribution in [-0.2, 0) is 9.53 Å².